The molecular formula is C15H12F2N2O7S2. The van der Waals surface area contributed by atoms with Crippen LogP contribution in [0.3, 0.4) is 0 Å². The topological polar surface area (TPSA) is 110 Å². The van der Waals surface area contributed by atoms with Crippen molar-refractivity contribution in [3.05, 3.63) is 44.0 Å². The van der Waals surface area contributed by atoms with Gasteiger partial charge in [-0.25, -0.2) is 4.39 Å². The van der Waals surface area contributed by atoms with E-state index in [1.165, 1.54) is 12.3 Å². The van der Waals surface area contributed by atoms with Gasteiger partial charge in [-0.2, -0.15) is 12.8 Å². The molecule has 1 saturated heterocycles. The quantitative estimate of drug-likeness (QED) is 0.560. The predicted molar refractivity (Wildman–Crippen MR) is 91.7 cm³/mol. The molecule has 0 radical (unpaired) electrons. The molecule has 0 atom stereocenters. The summed E-state index contributed by atoms with van der Waals surface area (Å²) in [5, 5.41) is 3.66. The molecule has 28 heavy (non-hydrogen) atoms. The molecule has 150 valence electrons. The zero-order valence-corrected chi connectivity index (χ0v) is 15.8. The molecule has 2 aromatic heterocycles. The van der Waals surface area contributed by atoms with Gasteiger partial charge in [-0.3, -0.25) is 13.5 Å². The van der Waals surface area contributed by atoms with Gasteiger partial charge in [-0.1, -0.05) is 16.5 Å². The third kappa shape index (κ3) is 3.24. The summed E-state index contributed by atoms with van der Waals surface area (Å²) in [4.78, 5) is 11.9. The summed E-state index contributed by atoms with van der Waals surface area (Å²) in [5.74, 6) is -3.14. The van der Waals surface area contributed by atoms with Gasteiger partial charge in [0.25, 0.3) is 10.1 Å². The molecule has 0 bridgehead atoms. The summed E-state index contributed by atoms with van der Waals surface area (Å²) >= 11 is 0.650. The van der Waals surface area contributed by atoms with Gasteiger partial charge in [0.2, 0.25) is 11.4 Å². The number of halogens is 2. The van der Waals surface area contributed by atoms with E-state index in [1.807, 2.05) is 0 Å². The number of benzene rings is 1. The summed E-state index contributed by atoms with van der Waals surface area (Å²) in [6, 6.07) is 1.23. The van der Waals surface area contributed by atoms with Gasteiger partial charge in [0.05, 0.1) is 25.7 Å². The lowest BCUT2D eigenvalue weighted by Crippen LogP contribution is -2.10. The average molecular weight is 434 g/mol. The van der Waals surface area contributed by atoms with Crippen molar-refractivity contribution in [3.63, 3.8) is 0 Å². The first-order valence-electron chi connectivity index (χ1n) is 7.81. The minimum absolute atomic E-state index is 0.00838. The largest absolute Gasteiger partial charge is 0.351 e. The highest BCUT2D eigenvalue weighted by Gasteiger charge is 2.29. The number of ether oxygens (including phenoxy) is 2. The number of hydrogen-bond donors (Lipinski definition) is 0. The van der Waals surface area contributed by atoms with Crippen molar-refractivity contribution in [2.45, 2.75) is 12.0 Å². The van der Waals surface area contributed by atoms with E-state index < -0.39 is 44.3 Å². The van der Waals surface area contributed by atoms with E-state index in [0.29, 0.717) is 11.3 Å². The SMILES string of the molecule is COS(=O)(=O)Cc1cn(-c2noc3c(F)c(F)c(C4OCCO4)cc23)c(=O)s1. The minimum atomic E-state index is -3.85. The van der Waals surface area contributed by atoms with Crippen LogP contribution in [0.1, 0.15) is 16.7 Å². The number of fused-ring (bicyclic) bond motifs is 1. The highest BCUT2D eigenvalue weighted by molar-refractivity contribution is 7.86. The second kappa shape index (κ2) is 7.00. The summed E-state index contributed by atoms with van der Waals surface area (Å²) < 4.78 is 72.6. The van der Waals surface area contributed by atoms with Crippen LogP contribution in [-0.2, 0) is 29.5 Å². The van der Waals surface area contributed by atoms with Gasteiger partial charge in [0.15, 0.2) is 17.9 Å². The number of rotatable bonds is 5. The van der Waals surface area contributed by atoms with Crippen molar-refractivity contribution in [1.29, 1.82) is 0 Å². The second-order valence-electron chi connectivity index (χ2n) is 5.75. The fraction of sp³-hybridized carbons (Fsp3) is 0.333. The van der Waals surface area contributed by atoms with Gasteiger partial charge >= 0.3 is 4.87 Å². The van der Waals surface area contributed by atoms with Crippen molar-refractivity contribution < 1.29 is 35.4 Å². The molecule has 0 aliphatic carbocycles. The molecule has 1 fully saturated rings. The summed E-state index contributed by atoms with van der Waals surface area (Å²) in [6.45, 7) is 0.448. The summed E-state index contributed by atoms with van der Waals surface area (Å²) in [7, 11) is -2.84. The Morgan fingerprint density at radius 3 is 2.71 bits per heavy atom. The van der Waals surface area contributed by atoms with E-state index in [-0.39, 0.29) is 34.9 Å². The molecule has 1 aromatic carbocycles. The molecular weight excluding hydrogens is 422 g/mol. The fourth-order valence-electron chi connectivity index (χ4n) is 2.74. The number of hydrogen-bond acceptors (Lipinski definition) is 9. The van der Waals surface area contributed by atoms with Crippen LogP contribution in [0, 0.1) is 11.6 Å². The molecule has 0 unspecified atom stereocenters. The van der Waals surface area contributed by atoms with Crippen molar-refractivity contribution in [3.8, 4) is 5.82 Å². The molecule has 1 aliphatic rings. The molecule has 0 spiro atoms. The lowest BCUT2D eigenvalue weighted by molar-refractivity contribution is -0.0467. The molecule has 0 saturated carbocycles. The number of nitrogens with zero attached hydrogens (tertiary/aromatic N) is 2. The first-order chi connectivity index (χ1) is 13.3. The fourth-order valence-corrected chi connectivity index (χ4v) is 4.57. The Bertz CT molecular complexity index is 1210. The first-order valence-corrected chi connectivity index (χ1v) is 10.2. The Morgan fingerprint density at radius 2 is 2.04 bits per heavy atom. The Morgan fingerprint density at radius 1 is 1.32 bits per heavy atom. The zero-order chi connectivity index (χ0) is 20.1. The van der Waals surface area contributed by atoms with Gasteiger partial charge in [-0.15, -0.1) is 0 Å². The van der Waals surface area contributed by atoms with Crippen LogP contribution in [0.15, 0.2) is 21.6 Å². The Balaban J connectivity index is 1.84. The van der Waals surface area contributed by atoms with Crippen LogP contribution >= 0.6 is 11.3 Å². The van der Waals surface area contributed by atoms with Crippen molar-refractivity contribution >= 4 is 32.4 Å². The first kappa shape index (κ1) is 19.1. The Kier molecular flexibility index (Phi) is 4.79. The Labute approximate surface area is 160 Å². The van der Waals surface area contributed by atoms with E-state index in [9.17, 15) is 22.0 Å². The molecule has 9 nitrogen and oxygen atoms in total. The van der Waals surface area contributed by atoms with Crippen LogP contribution in [-0.4, -0.2) is 38.5 Å². The smallest absolute Gasteiger partial charge is 0.313 e. The monoisotopic (exact) mass is 434 g/mol. The van der Waals surface area contributed by atoms with Crippen molar-refractivity contribution in [2.75, 3.05) is 20.3 Å². The van der Waals surface area contributed by atoms with Crippen molar-refractivity contribution in [2.24, 2.45) is 0 Å². The highest BCUT2D eigenvalue weighted by atomic mass is 32.2. The van der Waals surface area contributed by atoms with Crippen LogP contribution in [0.5, 0.6) is 0 Å². The number of thiazole rings is 1. The predicted octanol–water partition coefficient (Wildman–Crippen LogP) is 1.84. The Hall–Kier alpha value is -2.19. The van der Waals surface area contributed by atoms with Crippen molar-refractivity contribution in [1.82, 2.24) is 9.72 Å². The minimum Gasteiger partial charge on any atom is -0.351 e. The maximum atomic E-state index is 14.4. The van der Waals surface area contributed by atoms with Crippen LogP contribution in [0.4, 0.5) is 8.78 Å². The molecule has 3 aromatic rings. The van der Waals surface area contributed by atoms with Gasteiger partial charge in [0, 0.05) is 16.6 Å². The lowest BCUT2D eigenvalue weighted by atomic mass is 10.1. The van der Waals surface area contributed by atoms with E-state index in [2.05, 4.69) is 9.34 Å². The maximum absolute atomic E-state index is 14.4. The van der Waals surface area contributed by atoms with Crippen LogP contribution < -0.4 is 4.87 Å². The lowest BCUT2D eigenvalue weighted by Gasteiger charge is -2.11. The van der Waals surface area contributed by atoms with Crippen LogP contribution in [0.2, 0.25) is 0 Å². The third-order valence-corrected chi connectivity index (χ3v) is 6.26. The average Bonchev–Trinajstić information content (AvgIpc) is 3.37. The van der Waals surface area contributed by atoms with Gasteiger partial charge < -0.3 is 14.0 Å². The van der Waals surface area contributed by atoms with E-state index >= 15 is 0 Å². The van der Waals surface area contributed by atoms with Gasteiger partial charge in [0.1, 0.15) is 5.75 Å². The summed E-state index contributed by atoms with van der Waals surface area (Å²) in [5.41, 5.74) is -0.684. The van der Waals surface area contributed by atoms with E-state index in [1.54, 1.807) is 0 Å². The highest BCUT2D eigenvalue weighted by Crippen LogP contribution is 2.34. The molecule has 1 aliphatic heterocycles. The molecule has 13 heteroatoms. The number of aromatic nitrogens is 2. The van der Waals surface area contributed by atoms with E-state index in [0.717, 1.165) is 11.7 Å². The van der Waals surface area contributed by atoms with Gasteiger partial charge in [-0.05, 0) is 6.07 Å². The third-order valence-electron chi connectivity index (χ3n) is 4.02. The molecule has 4 rings (SSSR count). The second-order valence-corrected chi connectivity index (χ2v) is 8.57. The maximum Gasteiger partial charge on any atom is 0.313 e. The van der Waals surface area contributed by atoms with Crippen LogP contribution in [0.25, 0.3) is 16.8 Å². The zero-order valence-electron chi connectivity index (χ0n) is 14.2. The molecule has 3 heterocycles. The summed E-state index contributed by atoms with van der Waals surface area (Å²) in [6.07, 6.45) is 0.132. The van der Waals surface area contributed by atoms with E-state index in [4.69, 9.17) is 14.0 Å². The molecule has 0 N–H and O–H groups in total. The normalized spacial score (nSPS) is 15.7. The standard InChI is InChI=1S/C15H12F2N2O7S2/c1-23-28(21,22)6-7-5-19(15(20)27-7)13-9-4-8(14-24-2-3-25-14)10(16)11(17)12(9)26-18-13/h4-5,14H,2-3,6H2,1H3. The molecule has 0 amide bonds.